The highest BCUT2D eigenvalue weighted by atomic mass is 16.5. The van der Waals surface area contributed by atoms with Gasteiger partial charge in [-0.05, 0) is 56.5 Å². The molecule has 1 aliphatic rings. The number of hydrogen-bond acceptors (Lipinski definition) is 4. The van der Waals surface area contributed by atoms with Gasteiger partial charge in [-0.3, -0.25) is 4.79 Å². The summed E-state index contributed by atoms with van der Waals surface area (Å²) in [5.74, 6) is 0.225. The second kappa shape index (κ2) is 9.11. The van der Waals surface area contributed by atoms with Crippen LogP contribution in [0.1, 0.15) is 37.5 Å². The van der Waals surface area contributed by atoms with Crippen LogP contribution >= 0.6 is 0 Å². The lowest BCUT2D eigenvalue weighted by molar-refractivity contribution is -0.117. The average molecular weight is 455 g/mol. The zero-order chi connectivity index (χ0) is 24.5. The highest BCUT2D eigenvalue weighted by Crippen LogP contribution is 2.41. The normalized spacial score (nSPS) is 14.9. The SMILES string of the molecule is COc1cc2c(cc1/C=C(\C#N)C(=O)NCCc1c[nH]c3ccccc13)C(C)=CC(C)(C)N2C. The van der Waals surface area contributed by atoms with Crippen molar-refractivity contribution in [2.24, 2.45) is 0 Å². The van der Waals surface area contributed by atoms with Crippen LogP contribution in [0.4, 0.5) is 5.69 Å². The summed E-state index contributed by atoms with van der Waals surface area (Å²) in [5.41, 5.74) is 6.09. The van der Waals surface area contributed by atoms with Crippen LogP contribution in [-0.2, 0) is 11.2 Å². The van der Waals surface area contributed by atoms with Gasteiger partial charge in [0.1, 0.15) is 17.4 Å². The number of aromatic nitrogens is 1. The van der Waals surface area contributed by atoms with E-state index in [0.717, 1.165) is 33.3 Å². The third-order valence-electron chi connectivity index (χ3n) is 6.59. The van der Waals surface area contributed by atoms with E-state index in [1.165, 1.54) is 0 Å². The lowest BCUT2D eigenvalue weighted by Gasteiger charge is -2.41. The van der Waals surface area contributed by atoms with Gasteiger partial charge in [0.25, 0.3) is 5.91 Å². The van der Waals surface area contributed by atoms with Crippen molar-refractivity contribution >= 4 is 34.1 Å². The number of nitrogens with one attached hydrogen (secondary N) is 2. The summed E-state index contributed by atoms with van der Waals surface area (Å²) in [4.78, 5) is 18.2. The number of carbonyl (C=O) groups is 1. The first-order valence-corrected chi connectivity index (χ1v) is 11.4. The van der Waals surface area contributed by atoms with E-state index >= 15 is 0 Å². The van der Waals surface area contributed by atoms with Crippen LogP contribution in [0.5, 0.6) is 5.75 Å². The Kier molecular flexibility index (Phi) is 6.21. The number of methoxy groups -OCH3 is 1. The van der Waals surface area contributed by atoms with Gasteiger partial charge in [0.15, 0.2) is 0 Å². The lowest BCUT2D eigenvalue weighted by Crippen LogP contribution is -2.42. The van der Waals surface area contributed by atoms with E-state index in [1.54, 1.807) is 13.2 Å². The molecule has 0 atom stereocenters. The number of rotatable bonds is 6. The first kappa shape index (κ1) is 23.2. The highest BCUT2D eigenvalue weighted by Gasteiger charge is 2.29. The molecule has 2 aromatic carbocycles. The van der Waals surface area contributed by atoms with E-state index in [1.807, 2.05) is 36.5 Å². The van der Waals surface area contributed by atoms with Crippen molar-refractivity contribution in [2.45, 2.75) is 32.7 Å². The van der Waals surface area contributed by atoms with Crippen LogP contribution in [0.15, 0.2) is 54.2 Å². The minimum atomic E-state index is -0.396. The number of ether oxygens (including phenoxy) is 1. The van der Waals surface area contributed by atoms with E-state index in [9.17, 15) is 10.1 Å². The second-order valence-corrected chi connectivity index (χ2v) is 9.19. The monoisotopic (exact) mass is 454 g/mol. The van der Waals surface area contributed by atoms with Gasteiger partial charge in [0.05, 0.1) is 12.6 Å². The van der Waals surface area contributed by atoms with Gasteiger partial charge in [-0.15, -0.1) is 0 Å². The number of nitriles is 1. The summed E-state index contributed by atoms with van der Waals surface area (Å²) in [5, 5.41) is 13.7. The van der Waals surface area contributed by atoms with E-state index < -0.39 is 5.91 Å². The van der Waals surface area contributed by atoms with E-state index in [0.29, 0.717) is 24.3 Å². The number of para-hydroxylation sites is 1. The molecule has 1 amide bonds. The molecule has 4 rings (SSSR count). The van der Waals surface area contributed by atoms with E-state index in [4.69, 9.17) is 4.74 Å². The van der Waals surface area contributed by atoms with Crippen molar-refractivity contribution < 1.29 is 9.53 Å². The number of benzene rings is 2. The number of hydrogen-bond donors (Lipinski definition) is 2. The van der Waals surface area contributed by atoms with Gasteiger partial charge in [0.2, 0.25) is 0 Å². The number of nitrogens with zero attached hydrogens (tertiary/aromatic N) is 2. The number of H-pyrrole nitrogens is 1. The summed E-state index contributed by atoms with van der Waals surface area (Å²) >= 11 is 0. The third kappa shape index (κ3) is 4.29. The molecule has 2 N–H and O–H groups in total. The fourth-order valence-corrected chi connectivity index (χ4v) is 4.53. The van der Waals surface area contributed by atoms with Crippen LogP contribution in [0.2, 0.25) is 0 Å². The van der Waals surface area contributed by atoms with E-state index in [-0.39, 0.29) is 11.1 Å². The van der Waals surface area contributed by atoms with Crippen molar-refractivity contribution in [2.75, 3.05) is 25.6 Å². The van der Waals surface area contributed by atoms with Crippen LogP contribution in [0.25, 0.3) is 22.6 Å². The van der Waals surface area contributed by atoms with Crippen molar-refractivity contribution in [3.63, 3.8) is 0 Å². The zero-order valence-corrected chi connectivity index (χ0v) is 20.3. The average Bonchev–Trinajstić information content (AvgIpc) is 3.23. The Hall–Kier alpha value is -3.98. The number of carbonyl (C=O) groups excluding carboxylic acids is 1. The van der Waals surface area contributed by atoms with Crippen LogP contribution in [0, 0.1) is 11.3 Å². The molecular formula is C28H30N4O2. The summed E-state index contributed by atoms with van der Waals surface area (Å²) < 4.78 is 5.62. The van der Waals surface area contributed by atoms with Crippen LogP contribution < -0.4 is 15.0 Å². The fourth-order valence-electron chi connectivity index (χ4n) is 4.53. The van der Waals surface area contributed by atoms with Gasteiger partial charge in [-0.1, -0.05) is 24.3 Å². The number of allylic oxidation sites excluding steroid dienone is 1. The molecule has 0 fully saturated rings. The maximum atomic E-state index is 12.8. The third-order valence-corrected chi connectivity index (χ3v) is 6.59. The predicted octanol–water partition coefficient (Wildman–Crippen LogP) is 5.07. The molecule has 0 spiro atoms. The molecule has 1 aliphatic heterocycles. The fraction of sp³-hybridized carbons (Fsp3) is 0.286. The van der Waals surface area contributed by atoms with Crippen molar-refractivity contribution in [3.05, 3.63) is 70.9 Å². The number of likely N-dealkylation sites (N-methyl/N-ethyl adjacent to an activating group) is 1. The standard InChI is InChI=1S/C28H30N4O2/c1-18-15-28(2,3)32(4)25-14-26(34-5)20(13-23(18)25)12-21(16-29)27(33)30-11-10-19-17-31-24-9-7-6-8-22(19)24/h6-9,12-15,17,31H,10-11H2,1-5H3,(H,30,33)/b21-12+. The Balaban J connectivity index is 1.55. The Morgan fingerprint density at radius 1 is 1.29 bits per heavy atom. The molecule has 6 heteroatoms. The largest absolute Gasteiger partial charge is 0.496 e. The van der Waals surface area contributed by atoms with E-state index in [2.05, 4.69) is 61.2 Å². The molecule has 6 nitrogen and oxygen atoms in total. The van der Waals surface area contributed by atoms with Crippen molar-refractivity contribution in [1.82, 2.24) is 10.3 Å². The second-order valence-electron chi connectivity index (χ2n) is 9.19. The molecule has 3 aromatic rings. The van der Waals surface area contributed by atoms with Gasteiger partial charge in [-0.2, -0.15) is 5.26 Å². The highest BCUT2D eigenvalue weighted by molar-refractivity contribution is 6.02. The molecule has 34 heavy (non-hydrogen) atoms. The molecule has 0 bridgehead atoms. The summed E-state index contributed by atoms with van der Waals surface area (Å²) in [6, 6.07) is 14.1. The first-order valence-electron chi connectivity index (χ1n) is 11.4. The van der Waals surface area contributed by atoms with Gasteiger partial charge in [0, 0.05) is 53.6 Å². The molecule has 0 radical (unpaired) electrons. The minimum Gasteiger partial charge on any atom is -0.496 e. The maximum Gasteiger partial charge on any atom is 0.261 e. The van der Waals surface area contributed by atoms with Gasteiger partial charge < -0.3 is 19.9 Å². The summed E-state index contributed by atoms with van der Waals surface area (Å²) in [7, 11) is 3.65. The molecule has 0 saturated carbocycles. The molecule has 0 saturated heterocycles. The number of anilines is 1. The van der Waals surface area contributed by atoms with Crippen LogP contribution in [0.3, 0.4) is 0 Å². The minimum absolute atomic E-state index is 0.0447. The Morgan fingerprint density at radius 2 is 2.06 bits per heavy atom. The smallest absolute Gasteiger partial charge is 0.261 e. The number of fused-ring (bicyclic) bond motifs is 2. The molecule has 0 aliphatic carbocycles. The maximum absolute atomic E-state index is 12.8. The summed E-state index contributed by atoms with van der Waals surface area (Å²) in [6.45, 7) is 6.83. The van der Waals surface area contributed by atoms with Crippen molar-refractivity contribution in [3.8, 4) is 11.8 Å². The quantitative estimate of drug-likeness (QED) is 0.402. The van der Waals surface area contributed by atoms with Crippen LogP contribution in [-0.4, -0.2) is 37.1 Å². The zero-order valence-electron chi connectivity index (χ0n) is 20.3. The predicted molar refractivity (Wildman–Crippen MR) is 138 cm³/mol. The number of amides is 1. The lowest BCUT2D eigenvalue weighted by atomic mass is 9.88. The summed E-state index contributed by atoms with van der Waals surface area (Å²) in [6.07, 6.45) is 6.46. The molecule has 2 heterocycles. The number of aromatic amines is 1. The van der Waals surface area contributed by atoms with Gasteiger partial charge in [-0.25, -0.2) is 0 Å². The molecule has 174 valence electrons. The Morgan fingerprint density at radius 3 is 2.79 bits per heavy atom. The molecular weight excluding hydrogens is 424 g/mol. The topological polar surface area (TPSA) is 81.1 Å². The Labute approximate surface area is 200 Å². The Bertz CT molecular complexity index is 1350. The van der Waals surface area contributed by atoms with Gasteiger partial charge >= 0.3 is 0 Å². The first-order chi connectivity index (χ1) is 16.2. The molecule has 1 aromatic heterocycles. The van der Waals surface area contributed by atoms with Crippen molar-refractivity contribution in [1.29, 1.82) is 5.26 Å². The molecule has 0 unspecified atom stereocenters.